The minimum atomic E-state index is -1.24. The van der Waals surface area contributed by atoms with E-state index in [0.717, 1.165) is 5.56 Å². The Kier molecular flexibility index (Phi) is 2.72. The maximum Gasteiger partial charge on any atom is 0.322 e. The normalized spacial score (nSPS) is 24.6. The number of amides is 4. The average Bonchev–Trinajstić information content (AvgIpc) is 2.89. The number of nitrogens with one attached hydrogen (secondary N) is 2. The van der Waals surface area contributed by atoms with Crippen molar-refractivity contribution < 1.29 is 14.4 Å². The molecule has 20 heavy (non-hydrogen) atoms. The maximum absolute atomic E-state index is 12.3. The lowest BCUT2D eigenvalue weighted by molar-refractivity contribution is -0.124. The lowest BCUT2D eigenvalue weighted by Gasteiger charge is -2.29. The second kappa shape index (κ2) is 4.31. The summed E-state index contributed by atoms with van der Waals surface area (Å²) in [6, 6.07) is 6.70. The summed E-state index contributed by atoms with van der Waals surface area (Å²) in [7, 11) is 0. The molecule has 1 unspecified atom stereocenters. The Hall–Kier alpha value is -2.41. The first-order valence-corrected chi connectivity index (χ1v) is 6.26. The van der Waals surface area contributed by atoms with Gasteiger partial charge in [-0.2, -0.15) is 0 Å². The molecule has 1 fully saturated rings. The molecule has 1 aromatic rings. The van der Waals surface area contributed by atoms with Crippen LogP contribution in [0.2, 0.25) is 0 Å². The van der Waals surface area contributed by atoms with Crippen molar-refractivity contribution in [1.29, 1.82) is 0 Å². The molecule has 0 saturated carbocycles. The number of benzene rings is 1. The van der Waals surface area contributed by atoms with Crippen LogP contribution in [0.4, 0.5) is 4.79 Å². The molecule has 1 saturated heterocycles. The first-order valence-electron chi connectivity index (χ1n) is 6.26. The molecule has 0 aromatic heterocycles. The number of hydrogen-bond donors (Lipinski definition) is 3. The van der Waals surface area contributed by atoms with Crippen molar-refractivity contribution in [3.8, 4) is 0 Å². The highest BCUT2D eigenvalue weighted by atomic mass is 16.2. The standard InChI is InChI=1S/C13H14N4O3/c14-6-13(11(19)15-12(20)16-13)7-17-5-8-3-1-2-4-9(8)10(17)18/h1-4H,5-7,14H2,(H2,15,16,19,20). The van der Waals surface area contributed by atoms with Gasteiger partial charge in [-0.1, -0.05) is 18.2 Å². The molecule has 104 valence electrons. The summed E-state index contributed by atoms with van der Waals surface area (Å²) in [6.07, 6.45) is 0. The summed E-state index contributed by atoms with van der Waals surface area (Å²) in [5.74, 6) is -0.642. The smallest absolute Gasteiger partial charge is 0.322 e. The number of carbonyl (C=O) groups is 3. The number of urea groups is 1. The van der Waals surface area contributed by atoms with Gasteiger partial charge in [0.05, 0.1) is 6.54 Å². The van der Waals surface area contributed by atoms with Crippen LogP contribution < -0.4 is 16.4 Å². The monoisotopic (exact) mass is 274 g/mol. The fraction of sp³-hybridized carbons (Fsp3) is 0.308. The zero-order valence-corrected chi connectivity index (χ0v) is 10.7. The number of nitrogens with two attached hydrogens (primary N) is 1. The minimum absolute atomic E-state index is 0.0641. The average molecular weight is 274 g/mol. The van der Waals surface area contributed by atoms with E-state index in [1.165, 1.54) is 4.90 Å². The lowest BCUT2D eigenvalue weighted by atomic mass is 9.99. The summed E-state index contributed by atoms with van der Waals surface area (Å²) in [4.78, 5) is 37.0. The van der Waals surface area contributed by atoms with Gasteiger partial charge in [0.1, 0.15) is 0 Å². The van der Waals surface area contributed by atoms with E-state index in [1.54, 1.807) is 12.1 Å². The maximum atomic E-state index is 12.3. The van der Waals surface area contributed by atoms with E-state index in [0.29, 0.717) is 12.1 Å². The third kappa shape index (κ3) is 1.75. The van der Waals surface area contributed by atoms with Crippen molar-refractivity contribution in [2.75, 3.05) is 13.1 Å². The van der Waals surface area contributed by atoms with Crippen molar-refractivity contribution in [3.63, 3.8) is 0 Å². The fourth-order valence-corrected chi connectivity index (χ4v) is 2.62. The van der Waals surface area contributed by atoms with Crippen LogP contribution in [-0.2, 0) is 11.3 Å². The molecular weight excluding hydrogens is 260 g/mol. The third-order valence-corrected chi connectivity index (χ3v) is 3.72. The first-order chi connectivity index (χ1) is 9.55. The zero-order valence-electron chi connectivity index (χ0n) is 10.7. The van der Waals surface area contributed by atoms with Gasteiger partial charge in [-0.05, 0) is 11.6 Å². The predicted molar refractivity (Wildman–Crippen MR) is 69.6 cm³/mol. The number of carbonyl (C=O) groups excluding carboxylic acids is 3. The highest BCUT2D eigenvalue weighted by Crippen LogP contribution is 2.24. The van der Waals surface area contributed by atoms with E-state index in [-0.39, 0.29) is 19.0 Å². The Bertz CT molecular complexity index is 615. The molecule has 2 aliphatic rings. The number of nitrogens with zero attached hydrogens (tertiary/aromatic N) is 1. The predicted octanol–water partition coefficient (Wildman–Crippen LogP) is -0.821. The number of imide groups is 1. The molecule has 3 rings (SSSR count). The second-order valence-corrected chi connectivity index (χ2v) is 5.01. The molecule has 2 aliphatic heterocycles. The Morgan fingerprint density at radius 3 is 2.60 bits per heavy atom. The van der Waals surface area contributed by atoms with Gasteiger partial charge < -0.3 is 16.0 Å². The number of hydrogen-bond acceptors (Lipinski definition) is 4. The van der Waals surface area contributed by atoms with Crippen molar-refractivity contribution in [2.24, 2.45) is 5.73 Å². The Morgan fingerprint density at radius 1 is 1.25 bits per heavy atom. The first kappa shape index (κ1) is 12.6. The Balaban J connectivity index is 1.85. The van der Waals surface area contributed by atoms with Crippen LogP contribution in [-0.4, -0.2) is 41.4 Å². The van der Waals surface area contributed by atoms with Crippen molar-refractivity contribution in [1.82, 2.24) is 15.5 Å². The second-order valence-electron chi connectivity index (χ2n) is 5.01. The molecule has 4 amide bonds. The van der Waals surface area contributed by atoms with Gasteiger partial charge >= 0.3 is 6.03 Å². The van der Waals surface area contributed by atoms with E-state index < -0.39 is 17.5 Å². The largest absolute Gasteiger partial charge is 0.331 e. The van der Waals surface area contributed by atoms with E-state index >= 15 is 0 Å². The minimum Gasteiger partial charge on any atom is -0.331 e. The summed E-state index contributed by atoms with van der Waals surface area (Å²) in [5, 5.41) is 4.68. The van der Waals surface area contributed by atoms with Gasteiger partial charge in [-0.15, -0.1) is 0 Å². The Morgan fingerprint density at radius 2 is 2.00 bits per heavy atom. The van der Waals surface area contributed by atoms with Crippen LogP contribution >= 0.6 is 0 Å². The molecule has 4 N–H and O–H groups in total. The highest BCUT2D eigenvalue weighted by Gasteiger charge is 2.48. The van der Waals surface area contributed by atoms with Gasteiger partial charge in [0.2, 0.25) is 0 Å². The van der Waals surface area contributed by atoms with Crippen LogP contribution in [0.15, 0.2) is 24.3 Å². The van der Waals surface area contributed by atoms with Crippen LogP contribution in [0, 0.1) is 0 Å². The zero-order chi connectivity index (χ0) is 14.3. The quantitative estimate of drug-likeness (QED) is 0.626. The van der Waals surface area contributed by atoms with Gasteiger partial charge in [-0.3, -0.25) is 14.9 Å². The topological polar surface area (TPSA) is 105 Å². The molecule has 2 heterocycles. The fourth-order valence-electron chi connectivity index (χ4n) is 2.62. The van der Waals surface area contributed by atoms with Crippen molar-refractivity contribution in [3.05, 3.63) is 35.4 Å². The van der Waals surface area contributed by atoms with Crippen molar-refractivity contribution in [2.45, 2.75) is 12.1 Å². The molecule has 7 heteroatoms. The lowest BCUT2D eigenvalue weighted by Crippen LogP contribution is -2.60. The molecule has 0 aliphatic carbocycles. The number of rotatable bonds is 3. The third-order valence-electron chi connectivity index (χ3n) is 3.72. The Labute approximate surface area is 115 Å². The van der Waals surface area contributed by atoms with E-state index in [1.807, 2.05) is 12.1 Å². The summed E-state index contributed by atoms with van der Waals surface area (Å²) >= 11 is 0. The van der Waals surface area contributed by atoms with Gasteiger partial charge in [0.15, 0.2) is 5.54 Å². The van der Waals surface area contributed by atoms with E-state index in [2.05, 4.69) is 10.6 Å². The van der Waals surface area contributed by atoms with E-state index in [4.69, 9.17) is 5.73 Å². The van der Waals surface area contributed by atoms with Crippen LogP contribution in [0.1, 0.15) is 15.9 Å². The summed E-state index contributed by atoms with van der Waals surface area (Å²) in [5.41, 5.74) is 5.94. The molecular formula is C13H14N4O3. The van der Waals surface area contributed by atoms with Crippen LogP contribution in [0.3, 0.4) is 0 Å². The number of fused-ring (bicyclic) bond motifs is 1. The van der Waals surface area contributed by atoms with Gasteiger partial charge in [-0.25, -0.2) is 4.79 Å². The molecule has 0 bridgehead atoms. The van der Waals surface area contributed by atoms with E-state index in [9.17, 15) is 14.4 Å². The van der Waals surface area contributed by atoms with Crippen LogP contribution in [0.5, 0.6) is 0 Å². The molecule has 1 atom stereocenters. The molecule has 0 spiro atoms. The molecule has 0 radical (unpaired) electrons. The highest BCUT2D eigenvalue weighted by molar-refractivity contribution is 6.08. The SMILES string of the molecule is NCC1(CN2Cc3ccccc3C2=O)NC(=O)NC1=O. The summed E-state index contributed by atoms with van der Waals surface area (Å²) in [6.45, 7) is 0.416. The van der Waals surface area contributed by atoms with Gasteiger partial charge in [0, 0.05) is 18.7 Å². The summed E-state index contributed by atoms with van der Waals surface area (Å²) < 4.78 is 0. The van der Waals surface area contributed by atoms with Crippen LogP contribution in [0.25, 0.3) is 0 Å². The van der Waals surface area contributed by atoms with Gasteiger partial charge in [0.25, 0.3) is 11.8 Å². The molecule has 1 aromatic carbocycles. The molecule has 7 nitrogen and oxygen atoms in total. The van der Waals surface area contributed by atoms with Crippen molar-refractivity contribution >= 4 is 17.8 Å².